The Balaban J connectivity index is 1.49. The highest BCUT2D eigenvalue weighted by atomic mass is 79.9. The lowest BCUT2D eigenvalue weighted by Gasteiger charge is -2.35. The van der Waals surface area contributed by atoms with Crippen LogP contribution in [0.2, 0.25) is 0 Å². The summed E-state index contributed by atoms with van der Waals surface area (Å²) in [6, 6.07) is 20.2. The first-order valence-electron chi connectivity index (χ1n) is 11.3. The molecule has 0 saturated carbocycles. The number of ether oxygens (including phenoxy) is 1. The van der Waals surface area contributed by atoms with E-state index in [2.05, 4.69) is 20.6 Å². The molecule has 2 heterocycles. The van der Waals surface area contributed by atoms with Crippen LogP contribution in [0.15, 0.2) is 77.4 Å². The second-order valence-electron chi connectivity index (χ2n) is 8.40. The molecular formula is C26H26BrFN5OP. The van der Waals surface area contributed by atoms with Crippen molar-refractivity contribution in [3.8, 4) is 16.9 Å². The highest BCUT2D eigenvalue weighted by molar-refractivity contribution is 9.10. The van der Waals surface area contributed by atoms with E-state index in [0.29, 0.717) is 26.7 Å². The molecule has 1 aromatic heterocycles. The first-order chi connectivity index (χ1) is 17.0. The van der Waals surface area contributed by atoms with Crippen LogP contribution in [0, 0.1) is 5.82 Å². The zero-order chi connectivity index (χ0) is 24.4. The first-order valence-corrected chi connectivity index (χ1v) is 13.3. The molecule has 5 rings (SSSR count). The van der Waals surface area contributed by atoms with Crippen molar-refractivity contribution in [1.82, 2.24) is 14.5 Å². The van der Waals surface area contributed by atoms with Crippen molar-refractivity contribution in [3.05, 3.63) is 94.3 Å². The second kappa shape index (κ2) is 10.5. The molecule has 0 amide bonds. The largest absolute Gasteiger partial charge is 0.397 e. The third-order valence-corrected chi connectivity index (χ3v) is 7.81. The molecule has 2 unspecified atom stereocenters. The number of aromatic nitrogens is 2. The van der Waals surface area contributed by atoms with E-state index in [1.165, 1.54) is 12.1 Å². The Morgan fingerprint density at radius 1 is 1.03 bits per heavy atom. The number of halogens is 2. The van der Waals surface area contributed by atoms with Crippen LogP contribution in [-0.4, -0.2) is 33.8 Å². The van der Waals surface area contributed by atoms with E-state index in [9.17, 15) is 4.39 Å². The summed E-state index contributed by atoms with van der Waals surface area (Å²) in [6.45, 7) is 1.49. The minimum atomic E-state index is -0.276. The molecule has 35 heavy (non-hydrogen) atoms. The van der Waals surface area contributed by atoms with Crippen LogP contribution in [0.25, 0.3) is 16.9 Å². The van der Waals surface area contributed by atoms with Crippen LogP contribution in [0.4, 0.5) is 15.8 Å². The zero-order valence-corrected chi connectivity index (χ0v) is 21.6. The predicted molar refractivity (Wildman–Crippen MR) is 144 cm³/mol. The standard InChI is InChI=1S/C26H26BrFN5OP/c27-19-4-8-21(9-5-19)32-16-22(25(31-32)18-2-6-20(28)7-3-18)26-33(35-14-13-34-26)12-11-17-1-10-23(29)24(30)15-17/h1-10,15-16,26,35H,11-14,29-30H2. The van der Waals surface area contributed by atoms with Gasteiger partial charge < -0.3 is 16.2 Å². The molecule has 4 aromatic rings. The fourth-order valence-electron chi connectivity index (χ4n) is 4.14. The predicted octanol–water partition coefficient (Wildman–Crippen LogP) is 5.77. The maximum atomic E-state index is 13.7. The van der Waals surface area contributed by atoms with Gasteiger partial charge in [0.05, 0.1) is 29.4 Å². The van der Waals surface area contributed by atoms with Crippen molar-refractivity contribution < 1.29 is 9.13 Å². The number of hydrogen-bond donors (Lipinski definition) is 2. The van der Waals surface area contributed by atoms with Gasteiger partial charge >= 0.3 is 0 Å². The molecule has 2 atom stereocenters. The molecular weight excluding hydrogens is 528 g/mol. The number of nitrogens with zero attached hydrogens (tertiary/aromatic N) is 3. The lowest BCUT2D eigenvalue weighted by atomic mass is 10.1. The summed E-state index contributed by atoms with van der Waals surface area (Å²) in [5.41, 5.74) is 17.7. The summed E-state index contributed by atoms with van der Waals surface area (Å²) in [5.74, 6) is -0.276. The van der Waals surface area contributed by atoms with E-state index in [1.54, 1.807) is 12.1 Å². The fraction of sp³-hybridized carbons (Fsp3) is 0.192. The highest BCUT2D eigenvalue weighted by Crippen LogP contribution is 2.40. The Morgan fingerprint density at radius 2 is 1.80 bits per heavy atom. The average molecular weight is 554 g/mol. The van der Waals surface area contributed by atoms with Crippen molar-refractivity contribution in [1.29, 1.82) is 0 Å². The molecule has 1 aliphatic heterocycles. The van der Waals surface area contributed by atoms with Gasteiger partial charge in [-0.3, -0.25) is 4.67 Å². The Labute approximate surface area is 214 Å². The molecule has 0 spiro atoms. The van der Waals surface area contributed by atoms with Crippen LogP contribution >= 0.6 is 24.7 Å². The normalized spacial score (nSPS) is 17.1. The Hall–Kier alpha value is -2.77. The van der Waals surface area contributed by atoms with Gasteiger partial charge in [0.25, 0.3) is 0 Å². The van der Waals surface area contributed by atoms with E-state index in [-0.39, 0.29) is 12.0 Å². The van der Waals surface area contributed by atoms with Crippen LogP contribution in [0.5, 0.6) is 0 Å². The Morgan fingerprint density at radius 3 is 2.54 bits per heavy atom. The number of hydrogen-bond acceptors (Lipinski definition) is 5. The fourth-order valence-corrected chi connectivity index (χ4v) is 5.55. The number of rotatable bonds is 6. The summed E-state index contributed by atoms with van der Waals surface area (Å²) in [4.78, 5) is 0. The smallest absolute Gasteiger partial charge is 0.143 e. The van der Waals surface area contributed by atoms with Crippen LogP contribution < -0.4 is 11.5 Å². The van der Waals surface area contributed by atoms with Gasteiger partial charge in [-0.25, -0.2) is 9.07 Å². The quantitative estimate of drug-likeness (QED) is 0.234. The molecule has 0 bridgehead atoms. The molecule has 1 fully saturated rings. The minimum absolute atomic E-state index is 0.252. The molecule has 9 heteroatoms. The summed E-state index contributed by atoms with van der Waals surface area (Å²) < 4.78 is 25.2. The Kier molecular flexibility index (Phi) is 7.16. The van der Waals surface area contributed by atoms with E-state index >= 15 is 0 Å². The molecule has 1 saturated heterocycles. The lowest BCUT2D eigenvalue weighted by Crippen LogP contribution is -2.31. The van der Waals surface area contributed by atoms with Gasteiger partial charge in [0.1, 0.15) is 12.0 Å². The minimum Gasteiger partial charge on any atom is -0.397 e. The summed E-state index contributed by atoms with van der Waals surface area (Å²) >= 11 is 3.49. The van der Waals surface area contributed by atoms with Crippen molar-refractivity contribution in [2.24, 2.45) is 0 Å². The van der Waals surface area contributed by atoms with Crippen molar-refractivity contribution >= 4 is 36.0 Å². The number of nitrogen functional groups attached to an aromatic ring is 2. The van der Waals surface area contributed by atoms with Gasteiger partial charge in [-0.15, -0.1) is 0 Å². The topological polar surface area (TPSA) is 82.3 Å². The van der Waals surface area contributed by atoms with Crippen molar-refractivity contribution in [3.63, 3.8) is 0 Å². The molecule has 0 radical (unpaired) electrons. The van der Waals surface area contributed by atoms with Crippen LogP contribution in [0.3, 0.4) is 0 Å². The second-order valence-corrected chi connectivity index (χ2v) is 10.7. The zero-order valence-electron chi connectivity index (χ0n) is 19.0. The third-order valence-electron chi connectivity index (χ3n) is 5.99. The number of benzene rings is 3. The average Bonchev–Trinajstić information content (AvgIpc) is 3.31. The third kappa shape index (κ3) is 5.41. The van der Waals surface area contributed by atoms with E-state index < -0.39 is 0 Å². The molecule has 6 nitrogen and oxygen atoms in total. The summed E-state index contributed by atoms with van der Waals surface area (Å²) in [6.07, 6.45) is 3.57. The molecule has 3 aromatic carbocycles. The van der Waals surface area contributed by atoms with Gasteiger partial charge in [0, 0.05) is 34.5 Å². The Bertz CT molecular complexity index is 1310. The highest BCUT2D eigenvalue weighted by Gasteiger charge is 2.29. The van der Waals surface area contributed by atoms with Gasteiger partial charge in [-0.2, -0.15) is 5.10 Å². The molecule has 1 aliphatic rings. The SMILES string of the molecule is Nc1ccc(CCN2PCCOC2c2cn(-c3ccc(Br)cc3)nc2-c2ccc(F)cc2)cc1N. The lowest BCUT2D eigenvalue weighted by molar-refractivity contribution is -0.0217. The van der Waals surface area contributed by atoms with Crippen molar-refractivity contribution in [2.45, 2.75) is 12.6 Å². The van der Waals surface area contributed by atoms with Crippen LogP contribution in [0.1, 0.15) is 17.4 Å². The van der Waals surface area contributed by atoms with Gasteiger partial charge in [0.15, 0.2) is 0 Å². The van der Waals surface area contributed by atoms with Crippen molar-refractivity contribution in [2.75, 3.05) is 30.8 Å². The van der Waals surface area contributed by atoms with Gasteiger partial charge in [0.2, 0.25) is 0 Å². The van der Waals surface area contributed by atoms with E-state index in [4.69, 9.17) is 21.3 Å². The van der Waals surface area contributed by atoms with E-state index in [1.807, 2.05) is 53.3 Å². The van der Waals surface area contributed by atoms with Gasteiger partial charge in [-0.1, -0.05) is 22.0 Å². The maximum Gasteiger partial charge on any atom is 0.143 e. The van der Waals surface area contributed by atoms with E-state index in [0.717, 1.165) is 51.7 Å². The number of anilines is 2. The molecule has 0 aliphatic carbocycles. The number of nitrogens with two attached hydrogens (primary N) is 2. The summed E-state index contributed by atoms with van der Waals surface area (Å²) in [5, 5.41) is 4.90. The summed E-state index contributed by atoms with van der Waals surface area (Å²) in [7, 11) is 0.621. The molecule has 180 valence electrons. The first kappa shape index (κ1) is 23.9. The van der Waals surface area contributed by atoms with Gasteiger partial charge in [-0.05, 0) is 81.4 Å². The maximum absolute atomic E-state index is 13.7. The molecule has 4 N–H and O–H groups in total. The van der Waals surface area contributed by atoms with Crippen LogP contribution in [-0.2, 0) is 11.2 Å². The monoisotopic (exact) mass is 553 g/mol.